The lowest BCUT2D eigenvalue weighted by atomic mass is 9.79. The van der Waals surface area contributed by atoms with Crippen LogP contribution in [0, 0.1) is 13.8 Å². The highest BCUT2D eigenvalue weighted by Crippen LogP contribution is 2.46. The third-order valence-corrected chi connectivity index (χ3v) is 13.8. The van der Waals surface area contributed by atoms with Crippen LogP contribution in [0.4, 0.5) is 0 Å². The Bertz CT molecular complexity index is 3960. The third kappa shape index (κ3) is 9.19. The van der Waals surface area contributed by atoms with Crippen LogP contribution in [0.5, 0.6) is 5.75 Å². The number of benzene rings is 8. The third-order valence-electron chi connectivity index (χ3n) is 13.8. The first-order valence-corrected chi connectivity index (χ1v) is 24.8. The Kier molecular flexibility index (Phi) is 10.5. The zero-order valence-electron chi connectivity index (χ0n) is 49.2. The van der Waals surface area contributed by atoms with Crippen LogP contribution < -0.4 is 0 Å². The van der Waals surface area contributed by atoms with E-state index in [2.05, 4.69) is 163 Å². The smallest absolute Gasteiger partial charge is 0.149 e. The van der Waals surface area contributed by atoms with Crippen LogP contribution in [0.1, 0.15) is 98.4 Å². The van der Waals surface area contributed by atoms with Gasteiger partial charge >= 0.3 is 0 Å². The van der Waals surface area contributed by atoms with Gasteiger partial charge in [0.1, 0.15) is 11.6 Å². The molecule has 0 bridgehead atoms. The molecule has 358 valence electrons. The summed E-state index contributed by atoms with van der Waals surface area (Å²) in [6, 6.07) is 51.1. The molecule has 4 nitrogen and oxygen atoms in total. The highest BCUT2D eigenvalue weighted by molar-refractivity contribution is 5.99. The summed E-state index contributed by atoms with van der Waals surface area (Å²) in [4.78, 5) is 10.3. The molecule has 1 N–H and O–H groups in total. The highest BCUT2D eigenvalue weighted by Gasteiger charge is 2.30. The van der Waals surface area contributed by atoms with Crippen LogP contribution in [0.3, 0.4) is 0 Å². The predicted octanol–water partition coefficient (Wildman–Crippen LogP) is 18.3. The maximum Gasteiger partial charge on any atom is 0.149 e. The fourth-order valence-electron chi connectivity index (χ4n) is 9.78. The number of pyridine rings is 1. The number of imidazole rings is 1. The van der Waals surface area contributed by atoms with E-state index in [1.165, 1.54) is 5.56 Å². The second-order valence-corrected chi connectivity index (χ2v) is 22.2. The van der Waals surface area contributed by atoms with Crippen LogP contribution in [0.25, 0.3) is 95.0 Å². The molecule has 0 aliphatic heterocycles. The van der Waals surface area contributed by atoms with E-state index in [1.807, 2.05) is 60.7 Å². The Balaban J connectivity index is 1.29. The van der Waals surface area contributed by atoms with Crippen molar-refractivity contribution in [3.8, 4) is 89.7 Å². The predicted molar refractivity (Wildman–Crippen MR) is 304 cm³/mol. The van der Waals surface area contributed by atoms with E-state index in [1.54, 1.807) is 13.8 Å². The number of para-hydroxylation sites is 1. The van der Waals surface area contributed by atoms with Gasteiger partial charge < -0.3 is 5.11 Å². The number of phenols is 1. The molecular formula is C68H65N3O. The molecule has 4 heteroatoms. The Labute approximate surface area is 435 Å². The fraction of sp³-hybridized carbons (Fsp3) is 0.206. The quantitative estimate of drug-likeness (QED) is 0.165. The molecule has 0 radical (unpaired) electrons. The van der Waals surface area contributed by atoms with Gasteiger partial charge in [0.25, 0.3) is 0 Å². The lowest BCUT2D eigenvalue weighted by molar-refractivity contribution is 0.446. The number of rotatable bonds is 8. The average Bonchev–Trinajstić information content (AvgIpc) is 3.84. The normalized spacial score (nSPS) is 13.3. The zero-order valence-corrected chi connectivity index (χ0v) is 43.2. The number of hydrogen-bond donors (Lipinski definition) is 1. The van der Waals surface area contributed by atoms with Crippen LogP contribution >= 0.6 is 0 Å². The number of hydrogen-bond acceptors (Lipinski definition) is 3. The average molecular weight is 946 g/mol. The van der Waals surface area contributed by atoms with Gasteiger partial charge in [0.15, 0.2) is 0 Å². The van der Waals surface area contributed by atoms with Gasteiger partial charge in [0, 0.05) is 28.4 Å². The molecule has 0 fully saturated rings. The lowest BCUT2D eigenvalue weighted by Crippen LogP contribution is -2.17. The molecule has 0 aliphatic carbocycles. The van der Waals surface area contributed by atoms with Crippen molar-refractivity contribution in [3.63, 3.8) is 0 Å². The molecule has 0 saturated heterocycles. The second-order valence-electron chi connectivity index (χ2n) is 22.2. The van der Waals surface area contributed by atoms with Crippen molar-refractivity contribution in [1.82, 2.24) is 14.5 Å². The molecule has 2 aromatic heterocycles. The van der Waals surface area contributed by atoms with E-state index < -0.39 is 5.41 Å². The van der Waals surface area contributed by atoms with E-state index in [-0.39, 0.29) is 64.2 Å². The molecule has 0 unspecified atom stereocenters. The first kappa shape index (κ1) is 40.9. The van der Waals surface area contributed by atoms with E-state index in [0.29, 0.717) is 39.2 Å². The van der Waals surface area contributed by atoms with Crippen LogP contribution in [-0.2, 0) is 16.2 Å². The molecular weight excluding hydrogens is 875 g/mol. The fourth-order valence-corrected chi connectivity index (χ4v) is 9.78. The number of phenolic OH excluding ortho intramolecular Hbond substituents is 1. The zero-order chi connectivity index (χ0) is 55.9. The van der Waals surface area contributed by atoms with E-state index in [9.17, 15) is 6.48 Å². The molecule has 0 spiro atoms. The summed E-state index contributed by atoms with van der Waals surface area (Å²) in [5.41, 5.74) is 14.5. The minimum absolute atomic E-state index is 0.00266. The summed E-state index contributed by atoms with van der Waals surface area (Å²) in [6.45, 7) is 22.9. The SMILES string of the molecule is [2H]c1nc(-c2cc(-c3ccccc3)cc(-c3cccc4c3nc(-c3cc(C(C)(C)C)cc(C(C)(C)C)c3O)n4-c3ccc(-c4ccc(C(C)(C)C)cc4)cc3-c3ccccc3)c2)c([2H])c(-c2c(C)c([2H])c([2H])c([2H])c2C)c1[2H]. The van der Waals surface area contributed by atoms with Gasteiger partial charge in [-0.15, -0.1) is 0 Å². The number of nitrogens with zero attached hydrogens (tertiary/aromatic N) is 3. The van der Waals surface area contributed by atoms with Crippen LogP contribution in [-0.4, -0.2) is 19.6 Å². The molecule has 72 heavy (non-hydrogen) atoms. The van der Waals surface area contributed by atoms with E-state index in [4.69, 9.17) is 11.8 Å². The monoisotopic (exact) mass is 946 g/mol. The van der Waals surface area contributed by atoms with Crippen molar-refractivity contribution in [2.24, 2.45) is 0 Å². The van der Waals surface area contributed by atoms with Gasteiger partial charge in [0.05, 0.1) is 36.2 Å². The minimum Gasteiger partial charge on any atom is -0.507 e. The maximum absolute atomic E-state index is 12.7. The molecule has 0 amide bonds. The summed E-state index contributed by atoms with van der Waals surface area (Å²) >= 11 is 0. The van der Waals surface area contributed by atoms with Crippen molar-refractivity contribution < 1.29 is 13.3 Å². The summed E-state index contributed by atoms with van der Waals surface area (Å²) in [6.07, 6.45) is -0.353. The minimum atomic E-state index is -0.424. The van der Waals surface area contributed by atoms with Crippen molar-refractivity contribution >= 4 is 11.0 Å². The molecule has 0 saturated carbocycles. The largest absolute Gasteiger partial charge is 0.507 e. The molecule has 8 aromatic carbocycles. The summed E-state index contributed by atoms with van der Waals surface area (Å²) in [7, 11) is 0. The van der Waals surface area contributed by atoms with Gasteiger partial charge in [-0.3, -0.25) is 9.55 Å². The molecule has 10 aromatic rings. The Morgan fingerprint density at radius 2 is 1.10 bits per heavy atom. The van der Waals surface area contributed by atoms with Crippen molar-refractivity contribution in [1.29, 1.82) is 0 Å². The van der Waals surface area contributed by atoms with Gasteiger partial charge in [0.2, 0.25) is 0 Å². The Hall–Kier alpha value is -7.82. The van der Waals surface area contributed by atoms with Crippen molar-refractivity contribution in [3.05, 3.63) is 216 Å². The first-order valence-electron chi connectivity index (χ1n) is 27.8. The van der Waals surface area contributed by atoms with E-state index >= 15 is 0 Å². The number of fused-ring (bicyclic) bond motifs is 1. The number of aromatic hydroxyl groups is 1. The molecule has 2 heterocycles. The Morgan fingerprint density at radius 1 is 0.486 bits per heavy atom. The maximum atomic E-state index is 12.7. The molecule has 10 rings (SSSR count). The molecule has 0 aliphatic rings. The van der Waals surface area contributed by atoms with Crippen LogP contribution in [0.15, 0.2) is 188 Å². The highest BCUT2D eigenvalue weighted by atomic mass is 16.3. The van der Waals surface area contributed by atoms with E-state index in [0.717, 1.165) is 66.8 Å². The van der Waals surface area contributed by atoms with Gasteiger partial charge in [-0.05, 0) is 151 Å². The lowest BCUT2D eigenvalue weighted by Gasteiger charge is -2.27. The van der Waals surface area contributed by atoms with Crippen molar-refractivity contribution in [2.45, 2.75) is 92.4 Å². The number of aromatic nitrogens is 3. The topological polar surface area (TPSA) is 50.9 Å². The second kappa shape index (κ2) is 18.4. The van der Waals surface area contributed by atoms with Crippen molar-refractivity contribution in [2.75, 3.05) is 0 Å². The van der Waals surface area contributed by atoms with Gasteiger partial charge in [-0.1, -0.05) is 190 Å². The summed E-state index contributed by atoms with van der Waals surface area (Å²) in [5, 5.41) is 12.7. The van der Waals surface area contributed by atoms with Crippen LogP contribution in [0.2, 0.25) is 0 Å². The molecule has 0 atom stereocenters. The van der Waals surface area contributed by atoms with Gasteiger partial charge in [-0.2, -0.15) is 0 Å². The summed E-state index contributed by atoms with van der Waals surface area (Å²) in [5.74, 6) is 0.715. The standard InChI is InChI=1S/C68H65N3O/c1-43-20-18-21-44(2)62(43)49-34-35-69-59(40-49)52-37-50(45-22-14-12-15-23-45)36-51(38-52)55-26-19-27-61-63(55)70-65(57-41-54(67(6,7)8)42-58(64(57)72)68(9,10)11)71(61)60-33-30-48(39-56(60)47-24-16-13-17-25-47)46-28-31-53(32-29-46)66(3,4)5/h12-42,72H,1-11H3/i18D,20D,21D,34D,35D,40D. The first-order chi connectivity index (χ1) is 36.8. The summed E-state index contributed by atoms with van der Waals surface area (Å²) < 4.78 is 56.1. The van der Waals surface area contributed by atoms with Gasteiger partial charge in [-0.25, -0.2) is 4.98 Å². The Morgan fingerprint density at radius 3 is 1.75 bits per heavy atom.